The Balaban J connectivity index is 1.82. The van der Waals surface area contributed by atoms with Crippen LogP contribution < -0.4 is 19.9 Å². The molecule has 168 valence electrons. The molecule has 0 unspecified atom stereocenters. The Morgan fingerprint density at radius 3 is 2.30 bits per heavy atom. The Kier molecular flexibility index (Phi) is 6.11. The summed E-state index contributed by atoms with van der Waals surface area (Å²) in [5.74, 6) is -0.152. The van der Waals surface area contributed by atoms with Crippen LogP contribution in [0.3, 0.4) is 0 Å². The van der Waals surface area contributed by atoms with Gasteiger partial charge in [0.2, 0.25) is 0 Å². The van der Waals surface area contributed by atoms with Crippen LogP contribution in [0.15, 0.2) is 72.4 Å². The second-order valence-corrected chi connectivity index (χ2v) is 8.36. The number of carbonyl (C=O) groups is 2. The molecular weight excluding hydrogens is 438 g/mol. The van der Waals surface area contributed by atoms with Crippen LogP contribution in [0, 0.1) is 6.92 Å². The maximum absolute atomic E-state index is 13.6. The number of aryl methyl sites for hydroxylation is 1. The summed E-state index contributed by atoms with van der Waals surface area (Å²) in [5, 5.41) is 3.79. The van der Waals surface area contributed by atoms with Crippen molar-refractivity contribution in [2.24, 2.45) is 0 Å². The quantitative estimate of drug-likeness (QED) is 0.516. The van der Waals surface area contributed by atoms with Crippen molar-refractivity contribution in [3.8, 4) is 5.75 Å². The topological polar surface area (TPSA) is 61.9 Å². The smallest absolute Gasteiger partial charge is 0.282 e. The van der Waals surface area contributed by atoms with Gasteiger partial charge in [0.1, 0.15) is 11.4 Å². The molecule has 0 spiro atoms. The van der Waals surface area contributed by atoms with Gasteiger partial charge >= 0.3 is 0 Å². The zero-order chi connectivity index (χ0) is 23.7. The summed E-state index contributed by atoms with van der Waals surface area (Å²) in [6.07, 6.45) is 0. The number of halogens is 1. The minimum Gasteiger partial charge on any atom is -0.497 e. The number of imide groups is 1. The van der Waals surface area contributed by atoms with E-state index in [0.717, 1.165) is 11.3 Å². The average molecular weight is 462 g/mol. The molecule has 0 saturated heterocycles. The number of nitrogens with one attached hydrogen (secondary N) is 1. The van der Waals surface area contributed by atoms with Crippen molar-refractivity contribution in [2.75, 3.05) is 36.3 Å². The number of hydrogen-bond acceptors (Lipinski definition) is 5. The molecule has 0 atom stereocenters. The maximum atomic E-state index is 13.6. The van der Waals surface area contributed by atoms with Crippen LogP contribution in [-0.2, 0) is 9.59 Å². The number of rotatable bonds is 6. The lowest BCUT2D eigenvalue weighted by atomic mass is 10.0. The fourth-order valence-corrected chi connectivity index (χ4v) is 3.94. The highest BCUT2D eigenvalue weighted by molar-refractivity contribution is 6.46. The number of amides is 2. The van der Waals surface area contributed by atoms with Gasteiger partial charge in [0.05, 0.1) is 18.4 Å². The van der Waals surface area contributed by atoms with Crippen molar-refractivity contribution in [2.45, 2.75) is 6.92 Å². The SMILES string of the molecule is COc1ccc(C2=C(Nc3ccc(Cl)cc3C)C(=O)N(c3cccc(N(C)C)c3)C2=O)cc1. The lowest BCUT2D eigenvalue weighted by Gasteiger charge is -2.19. The van der Waals surface area contributed by atoms with Gasteiger partial charge in [-0.2, -0.15) is 0 Å². The minimum absolute atomic E-state index is 0.214. The van der Waals surface area contributed by atoms with Gasteiger partial charge in [-0.25, -0.2) is 4.90 Å². The van der Waals surface area contributed by atoms with E-state index in [0.29, 0.717) is 33.3 Å². The number of methoxy groups -OCH3 is 1. The highest BCUT2D eigenvalue weighted by atomic mass is 35.5. The molecule has 1 aliphatic heterocycles. The first-order chi connectivity index (χ1) is 15.8. The van der Waals surface area contributed by atoms with E-state index in [4.69, 9.17) is 16.3 Å². The number of carbonyl (C=O) groups excluding carboxylic acids is 2. The van der Waals surface area contributed by atoms with E-state index in [-0.39, 0.29) is 5.70 Å². The van der Waals surface area contributed by atoms with Gasteiger partial charge in [0.25, 0.3) is 11.8 Å². The summed E-state index contributed by atoms with van der Waals surface area (Å²) < 4.78 is 5.24. The summed E-state index contributed by atoms with van der Waals surface area (Å²) in [5.41, 5.74) is 4.08. The molecule has 0 aromatic heterocycles. The first-order valence-corrected chi connectivity index (χ1v) is 10.8. The molecular formula is C26H24ClN3O3. The fourth-order valence-electron chi connectivity index (χ4n) is 3.72. The van der Waals surface area contributed by atoms with Gasteiger partial charge in [0.15, 0.2) is 0 Å². The molecule has 0 bridgehead atoms. The Morgan fingerprint density at radius 1 is 0.939 bits per heavy atom. The molecule has 1 N–H and O–H groups in total. The molecule has 0 aliphatic carbocycles. The van der Waals surface area contributed by atoms with E-state index < -0.39 is 11.8 Å². The Bertz CT molecular complexity index is 1270. The Hall–Kier alpha value is -3.77. The third-order valence-electron chi connectivity index (χ3n) is 5.52. The van der Waals surface area contributed by atoms with E-state index in [1.54, 1.807) is 55.6 Å². The first-order valence-electron chi connectivity index (χ1n) is 10.4. The summed E-state index contributed by atoms with van der Waals surface area (Å²) in [7, 11) is 5.39. The number of benzene rings is 3. The Morgan fingerprint density at radius 2 is 1.67 bits per heavy atom. The van der Waals surface area contributed by atoms with Crippen molar-refractivity contribution in [1.29, 1.82) is 0 Å². The molecule has 0 radical (unpaired) electrons. The lowest BCUT2D eigenvalue weighted by molar-refractivity contribution is -0.120. The highest BCUT2D eigenvalue weighted by Crippen LogP contribution is 2.36. The van der Waals surface area contributed by atoms with Crippen molar-refractivity contribution >= 4 is 46.1 Å². The normalized spacial score (nSPS) is 13.5. The predicted octanol–water partition coefficient (Wildman–Crippen LogP) is 5.12. The second-order valence-electron chi connectivity index (χ2n) is 7.92. The molecule has 1 heterocycles. The molecule has 2 amide bonds. The molecule has 33 heavy (non-hydrogen) atoms. The monoisotopic (exact) mass is 461 g/mol. The number of nitrogens with zero attached hydrogens (tertiary/aromatic N) is 2. The highest BCUT2D eigenvalue weighted by Gasteiger charge is 2.40. The van der Waals surface area contributed by atoms with Gasteiger partial charge in [-0.1, -0.05) is 29.8 Å². The van der Waals surface area contributed by atoms with Gasteiger partial charge in [-0.05, 0) is 66.6 Å². The van der Waals surface area contributed by atoms with Crippen molar-refractivity contribution < 1.29 is 14.3 Å². The minimum atomic E-state index is -0.420. The van der Waals surface area contributed by atoms with Crippen LogP contribution in [0.25, 0.3) is 5.57 Å². The summed E-state index contributed by atoms with van der Waals surface area (Å²) in [6.45, 7) is 1.89. The summed E-state index contributed by atoms with van der Waals surface area (Å²) in [6, 6.07) is 19.7. The van der Waals surface area contributed by atoms with E-state index in [1.165, 1.54) is 4.90 Å². The molecule has 0 saturated carbocycles. The second kappa shape index (κ2) is 9.00. The van der Waals surface area contributed by atoms with Gasteiger partial charge < -0.3 is 15.0 Å². The zero-order valence-corrected chi connectivity index (χ0v) is 19.6. The molecule has 1 aliphatic rings. The third kappa shape index (κ3) is 4.30. The molecule has 3 aromatic rings. The summed E-state index contributed by atoms with van der Waals surface area (Å²) in [4.78, 5) is 30.4. The Labute approximate surface area is 198 Å². The zero-order valence-electron chi connectivity index (χ0n) is 18.8. The number of hydrogen-bond donors (Lipinski definition) is 1. The van der Waals surface area contributed by atoms with Crippen molar-refractivity contribution in [1.82, 2.24) is 0 Å². The van der Waals surface area contributed by atoms with Crippen LogP contribution in [0.5, 0.6) is 5.75 Å². The van der Waals surface area contributed by atoms with E-state index >= 15 is 0 Å². The first kappa shape index (κ1) is 22.4. The van der Waals surface area contributed by atoms with Crippen LogP contribution in [0.4, 0.5) is 17.1 Å². The van der Waals surface area contributed by atoms with Crippen LogP contribution in [-0.4, -0.2) is 33.0 Å². The molecule has 0 fully saturated rings. The van der Waals surface area contributed by atoms with Crippen LogP contribution in [0.2, 0.25) is 5.02 Å². The van der Waals surface area contributed by atoms with E-state index in [2.05, 4.69) is 5.32 Å². The van der Waals surface area contributed by atoms with Gasteiger partial charge in [0, 0.05) is 30.5 Å². The predicted molar refractivity (Wildman–Crippen MR) is 133 cm³/mol. The molecule has 6 nitrogen and oxygen atoms in total. The van der Waals surface area contributed by atoms with Crippen LogP contribution in [0.1, 0.15) is 11.1 Å². The van der Waals surface area contributed by atoms with Crippen molar-refractivity contribution in [3.05, 3.63) is 88.6 Å². The van der Waals surface area contributed by atoms with Crippen LogP contribution >= 0.6 is 11.6 Å². The standard InChI is InChI=1S/C26H24ClN3O3/c1-16-14-18(27)10-13-22(16)28-24-23(17-8-11-21(33-4)12-9-17)25(31)30(26(24)32)20-7-5-6-19(15-20)29(2)3/h5-15,28H,1-4H3. The van der Waals surface area contributed by atoms with Crippen molar-refractivity contribution in [3.63, 3.8) is 0 Å². The van der Waals surface area contributed by atoms with Gasteiger partial charge in [-0.15, -0.1) is 0 Å². The number of anilines is 3. The maximum Gasteiger partial charge on any atom is 0.282 e. The van der Waals surface area contributed by atoms with Gasteiger partial charge in [-0.3, -0.25) is 9.59 Å². The molecule has 7 heteroatoms. The fraction of sp³-hybridized carbons (Fsp3) is 0.154. The largest absolute Gasteiger partial charge is 0.497 e. The average Bonchev–Trinajstić information content (AvgIpc) is 3.05. The molecule has 3 aromatic carbocycles. The number of ether oxygens (including phenoxy) is 1. The summed E-state index contributed by atoms with van der Waals surface area (Å²) >= 11 is 6.10. The van der Waals surface area contributed by atoms with E-state index in [9.17, 15) is 9.59 Å². The van der Waals surface area contributed by atoms with E-state index in [1.807, 2.05) is 44.1 Å². The molecule has 4 rings (SSSR count). The third-order valence-corrected chi connectivity index (χ3v) is 5.75. The lowest BCUT2D eigenvalue weighted by Crippen LogP contribution is -2.32.